The van der Waals surface area contributed by atoms with E-state index in [9.17, 15) is 4.79 Å². The molecule has 0 fully saturated rings. The quantitative estimate of drug-likeness (QED) is 0.641. The molecule has 126 valence electrons. The molecular formula is C15H17N5O3S. The van der Waals surface area contributed by atoms with E-state index < -0.39 is 0 Å². The van der Waals surface area contributed by atoms with E-state index in [1.54, 1.807) is 18.4 Å². The first kappa shape index (κ1) is 16.5. The third-order valence-electron chi connectivity index (χ3n) is 3.48. The zero-order chi connectivity index (χ0) is 16.9. The van der Waals surface area contributed by atoms with Gasteiger partial charge in [-0.3, -0.25) is 9.36 Å². The van der Waals surface area contributed by atoms with Crippen molar-refractivity contribution >= 4 is 11.3 Å². The first-order valence-electron chi connectivity index (χ1n) is 7.44. The van der Waals surface area contributed by atoms with Crippen molar-refractivity contribution in [2.75, 3.05) is 7.11 Å². The molecule has 24 heavy (non-hydrogen) atoms. The summed E-state index contributed by atoms with van der Waals surface area (Å²) in [5, 5.41) is 6.86. The van der Waals surface area contributed by atoms with Crippen molar-refractivity contribution in [3.63, 3.8) is 0 Å². The molecule has 0 aliphatic heterocycles. The number of nitrogens with zero attached hydrogens (tertiary/aromatic N) is 5. The lowest BCUT2D eigenvalue weighted by molar-refractivity contribution is 0.119. The van der Waals surface area contributed by atoms with Crippen molar-refractivity contribution in [2.24, 2.45) is 0 Å². The van der Waals surface area contributed by atoms with E-state index in [2.05, 4.69) is 20.1 Å². The Labute approximate surface area is 142 Å². The van der Waals surface area contributed by atoms with Crippen molar-refractivity contribution < 1.29 is 9.26 Å². The molecule has 1 atom stereocenters. The summed E-state index contributed by atoms with van der Waals surface area (Å²) in [5.74, 6) is 1.06. The van der Waals surface area contributed by atoms with Gasteiger partial charge in [-0.15, -0.1) is 11.3 Å². The topological polar surface area (TPSA) is 95.9 Å². The first-order chi connectivity index (χ1) is 11.7. The Hall–Kier alpha value is -2.39. The van der Waals surface area contributed by atoms with Crippen LogP contribution in [0.25, 0.3) is 0 Å². The molecule has 0 radical (unpaired) electrons. The second-order valence-electron chi connectivity index (χ2n) is 5.20. The van der Waals surface area contributed by atoms with Gasteiger partial charge in [0.05, 0.1) is 18.4 Å². The van der Waals surface area contributed by atoms with Gasteiger partial charge in [0, 0.05) is 37.7 Å². The highest BCUT2D eigenvalue weighted by Crippen LogP contribution is 2.21. The summed E-state index contributed by atoms with van der Waals surface area (Å²) in [6.45, 7) is 2.40. The number of aryl methyl sites for hydroxylation is 2. The van der Waals surface area contributed by atoms with Crippen molar-refractivity contribution in [1.29, 1.82) is 0 Å². The Morgan fingerprint density at radius 2 is 2.29 bits per heavy atom. The van der Waals surface area contributed by atoms with Gasteiger partial charge in [0.2, 0.25) is 5.89 Å². The summed E-state index contributed by atoms with van der Waals surface area (Å²) in [6, 6.07) is 1.42. The van der Waals surface area contributed by atoms with Gasteiger partial charge in [-0.05, 0) is 6.92 Å². The SMILES string of the molecule is COC(C)c1nc(Cc2noc(CCn3cnccc3=O)n2)cs1. The fraction of sp³-hybridized carbons (Fsp3) is 0.400. The van der Waals surface area contributed by atoms with Gasteiger partial charge in [-0.1, -0.05) is 5.16 Å². The van der Waals surface area contributed by atoms with Crippen LogP contribution in [-0.2, 0) is 24.1 Å². The van der Waals surface area contributed by atoms with Crippen molar-refractivity contribution in [1.82, 2.24) is 24.7 Å². The molecule has 0 aliphatic carbocycles. The summed E-state index contributed by atoms with van der Waals surface area (Å²) >= 11 is 1.55. The monoisotopic (exact) mass is 347 g/mol. The fourth-order valence-electron chi connectivity index (χ4n) is 2.08. The lowest BCUT2D eigenvalue weighted by Crippen LogP contribution is -2.19. The minimum absolute atomic E-state index is 0.0256. The third kappa shape index (κ3) is 3.92. The number of aromatic nitrogens is 5. The predicted molar refractivity (Wildman–Crippen MR) is 86.8 cm³/mol. The molecule has 0 N–H and O–H groups in total. The molecule has 0 saturated heterocycles. The average Bonchev–Trinajstić information content (AvgIpc) is 3.23. The molecule has 9 heteroatoms. The largest absolute Gasteiger partial charge is 0.375 e. The van der Waals surface area contributed by atoms with Crippen LogP contribution in [0.1, 0.15) is 35.4 Å². The molecule has 0 spiro atoms. The normalized spacial score (nSPS) is 12.4. The maximum absolute atomic E-state index is 11.6. The van der Waals surface area contributed by atoms with Crippen LogP contribution in [0.15, 0.2) is 33.3 Å². The van der Waals surface area contributed by atoms with Crippen LogP contribution < -0.4 is 5.56 Å². The number of rotatable bonds is 7. The molecule has 0 saturated carbocycles. The minimum atomic E-state index is -0.105. The highest BCUT2D eigenvalue weighted by molar-refractivity contribution is 7.09. The number of ether oxygens (including phenoxy) is 1. The van der Waals surface area contributed by atoms with Gasteiger partial charge in [0.15, 0.2) is 5.82 Å². The lowest BCUT2D eigenvalue weighted by Gasteiger charge is -2.03. The van der Waals surface area contributed by atoms with Crippen LogP contribution in [0.5, 0.6) is 0 Å². The maximum Gasteiger partial charge on any atom is 0.253 e. The highest BCUT2D eigenvalue weighted by atomic mass is 32.1. The Morgan fingerprint density at radius 3 is 3.08 bits per heavy atom. The molecule has 0 aliphatic rings. The van der Waals surface area contributed by atoms with Crippen LogP contribution in [0, 0.1) is 0 Å². The summed E-state index contributed by atoms with van der Waals surface area (Å²) in [6.07, 6.45) is 3.91. The van der Waals surface area contributed by atoms with Gasteiger partial charge in [-0.25, -0.2) is 9.97 Å². The van der Waals surface area contributed by atoms with Crippen LogP contribution in [0.4, 0.5) is 0 Å². The van der Waals surface area contributed by atoms with Gasteiger partial charge in [0.1, 0.15) is 11.1 Å². The van der Waals surface area contributed by atoms with Gasteiger partial charge in [-0.2, -0.15) is 4.98 Å². The van der Waals surface area contributed by atoms with Crippen molar-refractivity contribution in [3.05, 3.63) is 56.7 Å². The molecule has 1 unspecified atom stereocenters. The van der Waals surface area contributed by atoms with Crippen molar-refractivity contribution in [2.45, 2.75) is 32.4 Å². The van der Waals surface area contributed by atoms with Gasteiger partial charge in [0.25, 0.3) is 5.56 Å². The van der Waals surface area contributed by atoms with Crippen LogP contribution in [0.2, 0.25) is 0 Å². The van der Waals surface area contributed by atoms with E-state index in [1.165, 1.54) is 23.2 Å². The number of hydrogen-bond donors (Lipinski definition) is 0. The van der Waals surface area contributed by atoms with E-state index in [4.69, 9.17) is 9.26 Å². The minimum Gasteiger partial charge on any atom is -0.375 e. The summed E-state index contributed by atoms with van der Waals surface area (Å²) in [7, 11) is 1.66. The van der Waals surface area contributed by atoms with Gasteiger partial charge < -0.3 is 9.26 Å². The third-order valence-corrected chi connectivity index (χ3v) is 4.53. The molecule has 3 aromatic rings. The summed E-state index contributed by atoms with van der Waals surface area (Å²) in [5.41, 5.74) is 0.779. The zero-order valence-electron chi connectivity index (χ0n) is 13.4. The predicted octanol–water partition coefficient (Wildman–Crippen LogP) is 1.62. The van der Waals surface area contributed by atoms with Crippen LogP contribution in [-0.4, -0.2) is 31.8 Å². The fourth-order valence-corrected chi connectivity index (χ4v) is 2.93. The Balaban J connectivity index is 1.60. The average molecular weight is 347 g/mol. The number of thiazole rings is 1. The van der Waals surface area contributed by atoms with E-state index >= 15 is 0 Å². The van der Waals surface area contributed by atoms with E-state index in [0.29, 0.717) is 31.1 Å². The summed E-state index contributed by atoms with van der Waals surface area (Å²) in [4.78, 5) is 24.4. The van der Waals surface area contributed by atoms with Crippen molar-refractivity contribution in [3.8, 4) is 0 Å². The number of methoxy groups -OCH3 is 1. The Kier molecular flexibility index (Phi) is 5.11. The molecule has 3 aromatic heterocycles. The van der Waals surface area contributed by atoms with Gasteiger partial charge >= 0.3 is 0 Å². The molecule has 8 nitrogen and oxygen atoms in total. The van der Waals surface area contributed by atoms with E-state index in [-0.39, 0.29) is 11.7 Å². The lowest BCUT2D eigenvalue weighted by atomic mass is 10.3. The molecule has 3 heterocycles. The second kappa shape index (κ2) is 7.45. The smallest absolute Gasteiger partial charge is 0.253 e. The maximum atomic E-state index is 11.6. The number of hydrogen-bond acceptors (Lipinski definition) is 8. The molecule has 0 aromatic carbocycles. The van der Waals surface area contributed by atoms with Crippen LogP contribution in [0.3, 0.4) is 0 Å². The molecular weight excluding hydrogens is 330 g/mol. The Bertz CT molecular complexity index is 856. The zero-order valence-corrected chi connectivity index (χ0v) is 14.2. The highest BCUT2D eigenvalue weighted by Gasteiger charge is 2.13. The molecule has 0 bridgehead atoms. The standard InChI is InChI=1S/C15H17N5O3S/c1-10(22-2)15-17-11(8-24-15)7-12-18-13(23-19-12)4-6-20-9-16-5-3-14(20)21/h3,5,8-10H,4,6-7H2,1-2H3. The van der Waals surface area contributed by atoms with Crippen LogP contribution >= 0.6 is 11.3 Å². The molecule has 0 amide bonds. The molecule has 3 rings (SSSR count). The summed E-state index contributed by atoms with van der Waals surface area (Å²) < 4.78 is 12.0. The second-order valence-corrected chi connectivity index (χ2v) is 6.09. The Morgan fingerprint density at radius 1 is 1.42 bits per heavy atom. The van der Waals surface area contributed by atoms with E-state index in [1.807, 2.05) is 12.3 Å². The first-order valence-corrected chi connectivity index (χ1v) is 8.32. The van der Waals surface area contributed by atoms with E-state index in [0.717, 1.165) is 10.7 Å².